The summed E-state index contributed by atoms with van der Waals surface area (Å²) in [7, 11) is 0. The first-order valence-corrected chi connectivity index (χ1v) is 11.4. The fourth-order valence-corrected chi connectivity index (χ4v) is 3.63. The van der Waals surface area contributed by atoms with Crippen molar-refractivity contribution in [2.45, 2.75) is 71.1 Å². The van der Waals surface area contributed by atoms with Crippen molar-refractivity contribution in [1.82, 2.24) is 29.9 Å². The third-order valence-corrected chi connectivity index (χ3v) is 5.03. The minimum Gasteiger partial charge on any atom is -0.278 e. The van der Waals surface area contributed by atoms with Crippen LogP contribution in [0.15, 0.2) is 0 Å². The van der Waals surface area contributed by atoms with Crippen LogP contribution in [0, 0.1) is 0 Å². The minimum absolute atomic E-state index is 0.0145. The van der Waals surface area contributed by atoms with Gasteiger partial charge in [-0.15, -0.1) is 0 Å². The number of hydrogen-bond acceptors (Lipinski definition) is 7. The predicted octanol–water partition coefficient (Wildman–Crippen LogP) is 6.73. The lowest BCUT2D eigenvalue weighted by Gasteiger charge is -2.20. The van der Waals surface area contributed by atoms with E-state index >= 15 is 0 Å². The van der Waals surface area contributed by atoms with Gasteiger partial charge in [-0.05, 0) is 52.8 Å². The number of rotatable bonds is 13. The maximum absolute atomic E-state index is 5.93. The Kier molecular flexibility index (Phi) is 11.1. The zero-order valence-corrected chi connectivity index (χ0v) is 19.4. The molecule has 0 fully saturated rings. The van der Waals surface area contributed by atoms with Gasteiger partial charge in [-0.3, -0.25) is 4.90 Å². The van der Waals surface area contributed by atoms with Gasteiger partial charge < -0.3 is 0 Å². The molecule has 29 heavy (non-hydrogen) atoms. The smallest absolute Gasteiger partial charge is 0.237 e. The second kappa shape index (κ2) is 13.3. The van der Waals surface area contributed by atoms with E-state index in [0.717, 1.165) is 12.8 Å². The average molecular weight is 481 g/mol. The summed E-state index contributed by atoms with van der Waals surface area (Å²) in [5.41, 5.74) is 0. The van der Waals surface area contributed by atoms with Crippen LogP contribution in [-0.4, -0.2) is 36.4 Å². The summed E-state index contributed by atoms with van der Waals surface area (Å²) in [5.74, 6) is 0.480. The van der Waals surface area contributed by atoms with Crippen molar-refractivity contribution in [2.75, 3.05) is 11.4 Å². The SMILES string of the molecule is CCCCCCCCCCCCN(c1nc(Cl)nc(Cl)n1)c1nc(Cl)nc(Cl)n1. The van der Waals surface area contributed by atoms with E-state index < -0.39 is 0 Å². The van der Waals surface area contributed by atoms with Gasteiger partial charge in [-0.1, -0.05) is 64.7 Å². The standard InChI is InChI=1S/C18H25Cl4N7/c1-2-3-4-5-6-7-8-9-10-11-12-29(17-25-13(19)23-14(20)26-17)18-27-15(21)24-16(22)28-18/h2-12H2,1H3. The van der Waals surface area contributed by atoms with Crippen LogP contribution >= 0.6 is 46.4 Å². The molecule has 2 heterocycles. The zero-order chi connectivity index (χ0) is 21.1. The highest BCUT2D eigenvalue weighted by Gasteiger charge is 2.19. The van der Waals surface area contributed by atoms with Gasteiger partial charge in [-0.2, -0.15) is 29.9 Å². The number of unbranched alkanes of at least 4 members (excludes halogenated alkanes) is 9. The van der Waals surface area contributed by atoms with Crippen molar-refractivity contribution >= 4 is 58.3 Å². The van der Waals surface area contributed by atoms with E-state index in [2.05, 4.69) is 36.8 Å². The number of hydrogen-bond donors (Lipinski definition) is 0. The highest BCUT2D eigenvalue weighted by molar-refractivity contribution is 6.31. The molecule has 0 aliphatic heterocycles. The van der Waals surface area contributed by atoms with Gasteiger partial charge in [0.05, 0.1) is 0 Å². The molecule has 7 nitrogen and oxygen atoms in total. The Morgan fingerprint density at radius 2 is 0.862 bits per heavy atom. The van der Waals surface area contributed by atoms with E-state index in [1.54, 1.807) is 4.90 Å². The Bertz CT molecular complexity index is 671. The van der Waals surface area contributed by atoms with Crippen LogP contribution in [0.25, 0.3) is 0 Å². The maximum Gasteiger partial charge on any atom is 0.237 e. The van der Waals surface area contributed by atoms with Crippen LogP contribution in [0.3, 0.4) is 0 Å². The summed E-state index contributed by atoms with van der Waals surface area (Å²) in [6.07, 6.45) is 12.3. The molecular weight excluding hydrogens is 456 g/mol. The molecular formula is C18H25Cl4N7. The van der Waals surface area contributed by atoms with Gasteiger partial charge in [0.1, 0.15) is 0 Å². The lowest BCUT2D eigenvalue weighted by Crippen LogP contribution is -2.24. The Balaban J connectivity index is 1.91. The number of anilines is 2. The van der Waals surface area contributed by atoms with Crippen molar-refractivity contribution in [3.8, 4) is 0 Å². The van der Waals surface area contributed by atoms with Gasteiger partial charge >= 0.3 is 0 Å². The van der Waals surface area contributed by atoms with Crippen molar-refractivity contribution in [2.24, 2.45) is 0 Å². The van der Waals surface area contributed by atoms with Crippen LogP contribution < -0.4 is 4.90 Å². The lowest BCUT2D eigenvalue weighted by molar-refractivity contribution is 0.556. The first-order chi connectivity index (χ1) is 14.0. The molecule has 0 unspecified atom stereocenters. The Morgan fingerprint density at radius 3 is 1.24 bits per heavy atom. The topological polar surface area (TPSA) is 80.6 Å². The number of halogens is 4. The monoisotopic (exact) mass is 479 g/mol. The first-order valence-electron chi connectivity index (χ1n) is 9.91. The van der Waals surface area contributed by atoms with Crippen molar-refractivity contribution < 1.29 is 0 Å². The molecule has 0 bridgehead atoms. The van der Waals surface area contributed by atoms with Crippen LogP contribution in [0.4, 0.5) is 11.9 Å². The number of nitrogens with zero attached hydrogens (tertiary/aromatic N) is 7. The van der Waals surface area contributed by atoms with Gasteiger partial charge in [0.25, 0.3) is 0 Å². The largest absolute Gasteiger partial charge is 0.278 e. The molecule has 11 heteroatoms. The van der Waals surface area contributed by atoms with Crippen LogP contribution in [-0.2, 0) is 0 Å². The molecule has 2 aromatic heterocycles. The highest BCUT2D eigenvalue weighted by Crippen LogP contribution is 2.23. The van der Waals surface area contributed by atoms with Gasteiger partial charge in [-0.25, -0.2) is 0 Å². The third-order valence-electron chi connectivity index (χ3n) is 4.36. The van der Waals surface area contributed by atoms with Crippen LogP contribution in [0.2, 0.25) is 21.1 Å². The van der Waals surface area contributed by atoms with Crippen molar-refractivity contribution in [3.05, 3.63) is 21.1 Å². The van der Waals surface area contributed by atoms with E-state index in [4.69, 9.17) is 46.4 Å². The Labute approximate surface area is 191 Å². The summed E-state index contributed by atoms with van der Waals surface area (Å²) in [6, 6.07) is 0. The quantitative estimate of drug-likeness (QED) is 0.294. The molecule has 0 aromatic carbocycles. The van der Waals surface area contributed by atoms with Crippen molar-refractivity contribution in [1.29, 1.82) is 0 Å². The molecule has 0 saturated carbocycles. The molecule has 0 amide bonds. The molecule has 0 N–H and O–H groups in total. The molecule has 2 aromatic rings. The summed E-state index contributed by atoms with van der Waals surface area (Å²) in [6.45, 7) is 2.80. The highest BCUT2D eigenvalue weighted by atomic mass is 35.5. The summed E-state index contributed by atoms with van der Waals surface area (Å²) >= 11 is 23.7. The van der Waals surface area contributed by atoms with Gasteiger partial charge in [0.15, 0.2) is 0 Å². The third kappa shape index (κ3) is 9.11. The molecule has 0 aliphatic rings. The fraction of sp³-hybridized carbons (Fsp3) is 0.667. The van der Waals surface area contributed by atoms with E-state index in [1.165, 1.54) is 51.4 Å². The Hall–Kier alpha value is -1.02. The molecule has 0 atom stereocenters. The van der Waals surface area contributed by atoms with Crippen LogP contribution in [0.1, 0.15) is 71.1 Å². The second-order valence-electron chi connectivity index (χ2n) is 6.68. The molecule has 2 rings (SSSR count). The number of aromatic nitrogens is 6. The van der Waals surface area contributed by atoms with Crippen molar-refractivity contribution in [3.63, 3.8) is 0 Å². The maximum atomic E-state index is 5.93. The zero-order valence-electron chi connectivity index (χ0n) is 16.4. The summed E-state index contributed by atoms with van der Waals surface area (Å²) < 4.78 is 0. The second-order valence-corrected chi connectivity index (χ2v) is 8.03. The van der Waals surface area contributed by atoms with E-state index in [1.807, 2.05) is 0 Å². The normalized spacial score (nSPS) is 11.1. The van der Waals surface area contributed by atoms with E-state index in [-0.39, 0.29) is 33.0 Å². The molecule has 160 valence electrons. The average Bonchev–Trinajstić information content (AvgIpc) is 2.64. The van der Waals surface area contributed by atoms with E-state index in [0.29, 0.717) is 6.54 Å². The molecule has 0 radical (unpaired) electrons. The lowest BCUT2D eigenvalue weighted by atomic mass is 10.1. The Morgan fingerprint density at radius 1 is 0.517 bits per heavy atom. The minimum atomic E-state index is -0.0145. The summed E-state index contributed by atoms with van der Waals surface area (Å²) in [5, 5.41) is -0.0581. The van der Waals surface area contributed by atoms with Gasteiger partial charge in [0.2, 0.25) is 33.0 Å². The molecule has 0 saturated heterocycles. The molecule has 0 spiro atoms. The van der Waals surface area contributed by atoms with E-state index in [9.17, 15) is 0 Å². The first kappa shape index (κ1) is 24.3. The summed E-state index contributed by atoms with van der Waals surface area (Å²) in [4.78, 5) is 25.8. The molecule has 0 aliphatic carbocycles. The fourth-order valence-electron chi connectivity index (χ4n) is 2.92. The predicted molar refractivity (Wildman–Crippen MR) is 119 cm³/mol. The van der Waals surface area contributed by atoms with Crippen LogP contribution in [0.5, 0.6) is 0 Å². The van der Waals surface area contributed by atoms with Gasteiger partial charge in [0, 0.05) is 6.54 Å².